The van der Waals surface area contributed by atoms with Crippen molar-refractivity contribution in [3.05, 3.63) is 65.7 Å². The van der Waals surface area contributed by atoms with E-state index in [9.17, 15) is 14.0 Å². The number of nitrogens with zero attached hydrogens (tertiary/aromatic N) is 2. The zero-order valence-corrected chi connectivity index (χ0v) is 14.3. The molecule has 26 heavy (non-hydrogen) atoms. The Hall–Kier alpha value is -2.96. The van der Waals surface area contributed by atoms with E-state index < -0.39 is 0 Å². The Kier molecular flexibility index (Phi) is 5.78. The molecule has 0 unspecified atom stereocenters. The fourth-order valence-electron chi connectivity index (χ4n) is 2.92. The second kappa shape index (κ2) is 8.42. The van der Waals surface area contributed by atoms with Gasteiger partial charge in [0.25, 0.3) is 5.91 Å². The van der Waals surface area contributed by atoms with Gasteiger partial charge >= 0.3 is 6.03 Å². The summed E-state index contributed by atoms with van der Waals surface area (Å²) in [5.74, 6) is -0.481. The van der Waals surface area contributed by atoms with E-state index in [0.717, 1.165) is 0 Å². The molecule has 0 aliphatic carbocycles. The summed E-state index contributed by atoms with van der Waals surface area (Å²) in [5.41, 5.74) is 0.983. The van der Waals surface area contributed by atoms with Gasteiger partial charge in [-0.1, -0.05) is 18.2 Å². The fraction of sp³-hybridized carbons (Fsp3) is 0.316. The molecule has 136 valence electrons. The van der Waals surface area contributed by atoms with Gasteiger partial charge in [-0.2, -0.15) is 0 Å². The smallest absolute Gasteiger partial charge is 0.317 e. The van der Waals surface area contributed by atoms with Crippen molar-refractivity contribution in [1.29, 1.82) is 0 Å². The second-order valence-electron chi connectivity index (χ2n) is 6.23. The van der Waals surface area contributed by atoms with E-state index in [2.05, 4.69) is 15.6 Å². The third-order valence-corrected chi connectivity index (χ3v) is 4.43. The summed E-state index contributed by atoms with van der Waals surface area (Å²) >= 11 is 0. The van der Waals surface area contributed by atoms with E-state index in [0.29, 0.717) is 37.1 Å². The Morgan fingerprint density at radius 3 is 2.62 bits per heavy atom. The van der Waals surface area contributed by atoms with Gasteiger partial charge in [-0.3, -0.25) is 9.78 Å². The van der Waals surface area contributed by atoms with Crippen molar-refractivity contribution in [3.8, 4) is 0 Å². The molecule has 2 N–H and O–H groups in total. The molecule has 3 rings (SSSR count). The van der Waals surface area contributed by atoms with E-state index in [4.69, 9.17) is 0 Å². The number of carbonyl (C=O) groups excluding carboxylic acids is 2. The molecule has 1 aromatic heterocycles. The Labute approximate surface area is 151 Å². The van der Waals surface area contributed by atoms with E-state index in [1.54, 1.807) is 41.4 Å². The van der Waals surface area contributed by atoms with Crippen molar-refractivity contribution in [1.82, 2.24) is 20.5 Å². The summed E-state index contributed by atoms with van der Waals surface area (Å²) in [6.07, 6.45) is 4.51. The number of aromatic nitrogens is 1. The molecule has 7 heteroatoms. The Bertz CT molecular complexity index is 761. The summed E-state index contributed by atoms with van der Waals surface area (Å²) in [7, 11) is 0. The first kappa shape index (κ1) is 17.8. The number of amides is 3. The molecule has 1 aliphatic rings. The van der Waals surface area contributed by atoms with E-state index in [1.165, 1.54) is 12.3 Å². The molecule has 1 saturated heterocycles. The van der Waals surface area contributed by atoms with Crippen LogP contribution in [-0.4, -0.2) is 41.0 Å². The molecule has 1 aromatic carbocycles. The Balaban J connectivity index is 1.44. The van der Waals surface area contributed by atoms with Crippen LogP contribution < -0.4 is 10.6 Å². The Morgan fingerprint density at radius 1 is 1.15 bits per heavy atom. The average Bonchev–Trinajstić information content (AvgIpc) is 2.68. The van der Waals surface area contributed by atoms with Crippen LogP contribution in [0.1, 0.15) is 28.8 Å². The number of piperidine rings is 1. The highest BCUT2D eigenvalue weighted by Crippen LogP contribution is 2.12. The quantitative estimate of drug-likeness (QED) is 0.883. The zero-order chi connectivity index (χ0) is 18.4. The molecule has 0 spiro atoms. The van der Waals surface area contributed by atoms with Crippen LogP contribution in [0.4, 0.5) is 9.18 Å². The van der Waals surface area contributed by atoms with Gasteiger partial charge in [0.2, 0.25) is 0 Å². The molecule has 1 aliphatic heterocycles. The minimum atomic E-state index is -0.329. The van der Waals surface area contributed by atoms with Crippen LogP contribution in [0.3, 0.4) is 0 Å². The Morgan fingerprint density at radius 2 is 1.92 bits per heavy atom. The average molecular weight is 356 g/mol. The molecule has 2 aromatic rings. The SMILES string of the molecule is O=C(NC1CCN(C(=O)NCc2ccccc2F)CC1)c1cccnc1. The number of carbonyl (C=O) groups is 2. The van der Waals surface area contributed by atoms with Gasteiger partial charge in [0, 0.05) is 43.6 Å². The summed E-state index contributed by atoms with van der Waals surface area (Å²) in [5, 5.41) is 5.72. The third kappa shape index (κ3) is 4.56. The van der Waals surface area contributed by atoms with Crippen molar-refractivity contribution in [2.24, 2.45) is 0 Å². The lowest BCUT2D eigenvalue weighted by Gasteiger charge is -2.32. The molecule has 0 radical (unpaired) electrons. The summed E-state index contributed by atoms with van der Waals surface area (Å²) in [6, 6.07) is 9.62. The number of halogens is 1. The molecule has 0 saturated carbocycles. The minimum absolute atomic E-state index is 0.0262. The molecule has 0 atom stereocenters. The predicted molar refractivity (Wildman–Crippen MR) is 94.9 cm³/mol. The monoisotopic (exact) mass is 356 g/mol. The van der Waals surface area contributed by atoms with Crippen molar-refractivity contribution in [2.75, 3.05) is 13.1 Å². The summed E-state index contributed by atoms with van der Waals surface area (Å²) < 4.78 is 13.6. The maximum atomic E-state index is 13.6. The molecular weight excluding hydrogens is 335 g/mol. The summed E-state index contributed by atoms with van der Waals surface area (Å²) in [6.45, 7) is 1.24. The van der Waals surface area contributed by atoms with E-state index in [1.807, 2.05) is 0 Å². The first-order valence-corrected chi connectivity index (χ1v) is 8.60. The van der Waals surface area contributed by atoms with Gasteiger partial charge < -0.3 is 15.5 Å². The number of nitrogens with one attached hydrogen (secondary N) is 2. The van der Waals surface area contributed by atoms with Crippen LogP contribution in [0.2, 0.25) is 0 Å². The lowest BCUT2D eigenvalue weighted by molar-refractivity contribution is 0.0917. The first-order valence-electron chi connectivity index (χ1n) is 8.60. The predicted octanol–water partition coefficient (Wildman–Crippen LogP) is 2.32. The van der Waals surface area contributed by atoms with Gasteiger partial charge in [-0.25, -0.2) is 9.18 Å². The number of hydrogen-bond donors (Lipinski definition) is 2. The lowest BCUT2D eigenvalue weighted by atomic mass is 10.0. The third-order valence-electron chi connectivity index (χ3n) is 4.43. The largest absolute Gasteiger partial charge is 0.349 e. The highest BCUT2D eigenvalue weighted by molar-refractivity contribution is 5.94. The number of rotatable bonds is 4. The number of hydrogen-bond acceptors (Lipinski definition) is 3. The standard InChI is InChI=1S/C19H21FN4O2/c20-17-6-2-1-4-14(17)13-22-19(26)24-10-7-16(8-11-24)23-18(25)15-5-3-9-21-12-15/h1-6,9,12,16H,7-8,10-11,13H2,(H,22,26)(H,23,25). The molecule has 2 heterocycles. The topological polar surface area (TPSA) is 74.3 Å². The van der Waals surface area contributed by atoms with E-state index in [-0.39, 0.29) is 30.3 Å². The van der Waals surface area contributed by atoms with Gasteiger partial charge in [-0.15, -0.1) is 0 Å². The van der Waals surface area contributed by atoms with Crippen molar-refractivity contribution >= 4 is 11.9 Å². The van der Waals surface area contributed by atoms with E-state index >= 15 is 0 Å². The van der Waals surface area contributed by atoms with Crippen molar-refractivity contribution in [2.45, 2.75) is 25.4 Å². The zero-order valence-electron chi connectivity index (χ0n) is 14.3. The number of likely N-dealkylation sites (tertiary alicyclic amines) is 1. The van der Waals surface area contributed by atoms with Crippen LogP contribution in [-0.2, 0) is 6.54 Å². The molecule has 1 fully saturated rings. The van der Waals surface area contributed by atoms with Crippen LogP contribution in [0.5, 0.6) is 0 Å². The highest BCUT2D eigenvalue weighted by atomic mass is 19.1. The van der Waals surface area contributed by atoms with Crippen LogP contribution in [0.25, 0.3) is 0 Å². The molecule has 6 nitrogen and oxygen atoms in total. The van der Waals surface area contributed by atoms with Gasteiger partial charge in [0.1, 0.15) is 5.82 Å². The van der Waals surface area contributed by atoms with Crippen LogP contribution in [0, 0.1) is 5.82 Å². The molecule has 0 bridgehead atoms. The van der Waals surface area contributed by atoms with Crippen molar-refractivity contribution in [3.63, 3.8) is 0 Å². The second-order valence-corrected chi connectivity index (χ2v) is 6.23. The van der Waals surface area contributed by atoms with Gasteiger partial charge in [0.05, 0.1) is 5.56 Å². The van der Waals surface area contributed by atoms with Crippen LogP contribution >= 0.6 is 0 Å². The lowest BCUT2D eigenvalue weighted by Crippen LogP contribution is -2.49. The number of benzene rings is 1. The maximum absolute atomic E-state index is 13.6. The number of urea groups is 1. The fourth-order valence-corrected chi connectivity index (χ4v) is 2.92. The minimum Gasteiger partial charge on any atom is -0.349 e. The van der Waals surface area contributed by atoms with Gasteiger partial charge in [-0.05, 0) is 31.0 Å². The molecular formula is C19H21FN4O2. The van der Waals surface area contributed by atoms with Gasteiger partial charge in [0.15, 0.2) is 0 Å². The first-order chi connectivity index (χ1) is 12.6. The maximum Gasteiger partial charge on any atom is 0.317 e. The highest BCUT2D eigenvalue weighted by Gasteiger charge is 2.24. The summed E-state index contributed by atoms with van der Waals surface area (Å²) in [4.78, 5) is 30.0. The van der Waals surface area contributed by atoms with Crippen LogP contribution in [0.15, 0.2) is 48.8 Å². The number of pyridine rings is 1. The normalized spacial score (nSPS) is 14.7. The van der Waals surface area contributed by atoms with Crippen molar-refractivity contribution < 1.29 is 14.0 Å². The molecule has 3 amide bonds.